The van der Waals surface area contributed by atoms with Crippen molar-refractivity contribution in [2.75, 3.05) is 24.3 Å². The predicted molar refractivity (Wildman–Crippen MR) is 135 cm³/mol. The number of urea groups is 1. The fourth-order valence-corrected chi connectivity index (χ4v) is 3.99. The molecular formula is C22H35ClN6OS. The molecule has 0 atom stereocenters. The highest BCUT2D eigenvalue weighted by atomic mass is 35.5. The van der Waals surface area contributed by atoms with Crippen LogP contribution in [0.15, 0.2) is 24.3 Å². The van der Waals surface area contributed by atoms with Gasteiger partial charge in [0.15, 0.2) is 0 Å². The molecule has 2 N–H and O–H groups in total. The molecule has 0 saturated heterocycles. The number of carbonyl (C=O) groups excluding carboxylic acids is 1. The predicted octanol–water partition coefficient (Wildman–Crippen LogP) is 4.89. The van der Waals surface area contributed by atoms with Gasteiger partial charge in [0.25, 0.3) is 0 Å². The highest BCUT2D eigenvalue weighted by Crippen LogP contribution is 2.28. The maximum Gasteiger partial charge on any atom is 0.327 e. The van der Waals surface area contributed by atoms with Crippen molar-refractivity contribution in [3.05, 3.63) is 24.3 Å². The van der Waals surface area contributed by atoms with E-state index in [2.05, 4.69) is 30.4 Å². The third kappa shape index (κ3) is 6.29. The smallest absolute Gasteiger partial charge is 0.327 e. The van der Waals surface area contributed by atoms with Crippen LogP contribution < -0.4 is 15.5 Å². The molecule has 7 nitrogen and oxygen atoms in total. The average molecular weight is 467 g/mol. The summed E-state index contributed by atoms with van der Waals surface area (Å²) in [7, 11) is 3.99. The molecule has 1 saturated carbocycles. The summed E-state index contributed by atoms with van der Waals surface area (Å²) >= 11 is 4.49. The maximum absolute atomic E-state index is 12.5. The van der Waals surface area contributed by atoms with Crippen molar-refractivity contribution in [1.29, 1.82) is 0 Å². The Kier molecular flexibility index (Phi) is 8.65. The van der Waals surface area contributed by atoms with Gasteiger partial charge in [0.05, 0.1) is 5.52 Å². The van der Waals surface area contributed by atoms with Crippen molar-refractivity contribution in [1.82, 2.24) is 19.6 Å². The number of aromatic nitrogens is 2. The van der Waals surface area contributed by atoms with E-state index < -0.39 is 0 Å². The van der Waals surface area contributed by atoms with Gasteiger partial charge >= 0.3 is 6.03 Å². The second-order valence-electron chi connectivity index (χ2n) is 8.94. The van der Waals surface area contributed by atoms with Gasteiger partial charge in [-0.2, -0.15) is 4.98 Å². The van der Waals surface area contributed by atoms with Crippen molar-refractivity contribution in [2.45, 2.75) is 70.5 Å². The minimum absolute atomic E-state index is 0. The minimum atomic E-state index is -0.228. The van der Waals surface area contributed by atoms with Crippen LogP contribution in [0.1, 0.15) is 52.9 Å². The van der Waals surface area contributed by atoms with Crippen LogP contribution in [0.4, 0.5) is 16.6 Å². The largest absolute Gasteiger partial charge is 0.362 e. The summed E-state index contributed by atoms with van der Waals surface area (Å²) < 4.78 is 1.57. The minimum Gasteiger partial charge on any atom is -0.362 e. The van der Waals surface area contributed by atoms with Crippen LogP contribution in [0.5, 0.6) is 0 Å². The van der Waals surface area contributed by atoms with Crippen LogP contribution in [-0.4, -0.2) is 52.0 Å². The quantitative estimate of drug-likeness (QED) is 0.529. The topological polar surface area (TPSA) is 73.4 Å². The van der Waals surface area contributed by atoms with Crippen LogP contribution in [0.2, 0.25) is 0 Å². The van der Waals surface area contributed by atoms with Crippen LogP contribution >= 0.6 is 25.2 Å². The Morgan fingerprint density at radius 3 is 2.42 bits per heavy atom. The molecule has 0 spiro atoms. The second kappa shape index (κ2) is 10.6. The van der Waals surface area contributed by atoms with Crippen LogP contribution in [0.3, 0.4) is 0 Å². The summed E-state index contributed by atoms with van der Waals surface area (Å²) in [5, 5.41) is 7.61. The molecule has 2 aromatic rings. The molecular weight excluding hydrogens is 432 g/mol. The van der Waals surface area contributed by atoms with E-state index in [-0.39, 0.29) is 36.1 Å². The lowest BCUT2D eigenvalue weighted by Gasteiger charge is -2.36. The monoisotopic (exact) mass is 466 g/mol. The van der Waals surface area contributed by atoms with Gasteiger partial charge in [0.1, 0.15) is 5.82 Å². The number of thiol groups is 1. The molecule has 0 unspecified atom stereocenters. The Morgan fingerprint density at radius 1 is 1.16 bits per heavy atom. The van der Waals surface area contributed by atoms with Crippen molar-refractivity contribution >= 4 is 53.9 Å². The molecule has 1 heterocycles. The number of benzene rings is 1. The zero-order chi connectivity index (χ0) is 21.9. The zero-order valence-electron chi connectivity index (χ0n) is 19.1. The lowest BCUT2D eigenvalue weighted by atomic mass is 9.91. The number of hydrogen-bond acceptors (Lipinski definition) is 6. The van der Waals surface area contributed by atoms with E-state index in [4.69, 9.17) is 9.97 Å². The van der Waals surface area contributed by atoms with E-state index in [0.29, 0.717) is 5.95 Å². The highest BCUT2D eigenvalue weighted by Gasteiger charge is 2.30. The molecule has 1 aliphatic carbocycles. The van der Waals surface area contributed by atoms with E-state index in [0.717, 1.165) is 48.8 Å². The molecule has 1 aromatic carbocycles. The molecule has 31 heavy (non-hydrogen) atoms. The number of nitrogens with zero attached hydrogens (tertiary/aromatic N) is 4. The highest BCUT2D eigenvalue weighted by molar-refractivity contribution is 7.78. The maximum atomic E-state index is 12.5. The molecule has 0 bridgehead atoms. The fourth-order valence-electron chi connectivity index (χ4n) is 3.71. The van der Waals surface area contributed by atoms with Crippen molar-refractivity contribution < 1.29 is 4.79 Å². The summed E-state index contributed by atoms with van der Waals surface area (Å²) in [5.74, 6) is 1.57. The van der Waals surface area contributed by atoms with Gasteiger partial charge in [0.2, 0.25) is 5.95 Å². The van der Waals surface area contributed by atoms with E-state index in [1.54, 1.807) is 4.31 Å². The number of carbonyl (C=O) groups is 1. The van der Waals surface area contributed by atoms with Crippen molar-refractivity contribution in [2.24, 2.45) is 0 Å². The summed E-state index contributed by atoms with van der Waals surface area (Å²) in [6, 6.07) is 8.37. The van der Waals surface area contributed by atoms with Crippen molar-refractivity contribution in [3.63, 3.8) is 0 Å². The number of anilines is 2. The summed E-state index contributed by atoms with van der Waals surface area (Å²) in [4.78, 5) is 24.0. The third-order valence-corrected chi connectivity index (χ3v) is 6.43. The van der Waals surface area contributed by atoms with Gasteiger partial charge in [-0.05, 0) is 58.1 Å². The number of para-hydroxylation sites is 1. The summed E-state index contributed by atoms with van der Waals surface area (Å²) in [6.07, 6.45) is 4.56. The molecule has 2 amide bonds. The lowest BCUT2D eigenvalue weighted by molar-refractivity contribution is 0.193. The van der Waals surface area contributed by atoms with E-state index in [1.165, 1.54) is 0 Å². The van der Waals surface area contributed by atoms with Crippen LogP contribution in [0.25, 0.3) is 10.9 Å². The Balaban J connectivity index is 0.00000341. The standard InChI is InChI=1S/C22H34N6OS.ClH/c1-6-22(2,3)26-21(29)28(30)16-13-11-15(12-14-16)23-20-24-18-10-8-7-9-17(18)19(25-20)27(4)5;/h7-10,15-16,30H,6,11-14H2,1-5H3,(H,26,29)(H,23,24,25);1H. The number of halogens is 1. The number of rotatable bonds is 6. The second-order valence-corrected chi connectivity index (χ2v) is 9.38. The number of hydrogen-bond donors (Lipinski definition) is 3. The van der Waals surface area contributed by atoms with E-state index in [1.807, 2.05) is 57.1 Å². The third-order valence-electron chi connectivity index (χ3n) is 5.92. The molecule has 0 radical (unpaired) electrons. The molecule has 1 aliphatic rings. The Bertz CT molecular complexity index is 885. The van der Waals surface area contributed by atoms with Gasteiger partial charge < -0.3 is 15.5 Å². The Hall–Kier alpha value is -1.93. The number of nitrogens with one attached hydrogen (secondary N) is 2. The van der Waals surface area contributed by atoms with E-state index in [9.17, 15) is 4.79 Å². The fraction of sp³-hybridized carbons (Fsp3) is 0.591. The van der Waals surface area contributed by atoms with Gasteiger partial charge in [-0.1, -0.05) is 31.9 Å². The summed E-state index contributed by atoms with van der Waals surface area (Å²) in [6.45, 7) is 6.12. The number of fused-ring (bicyclic) bond motifs is 1. The molecule has 1 fully saturated rings. The first-order valence-electron chi connectivity index (χ1n) is 10.7. The SMILES string of the molecule is CCC(C)(C)NC(=O)N(S)C1CCC(Nc2nc(N(C)C)c3ccccc3n2)CC1.Cl. The molecule has 0 aliphatic heterocycles. The van der Waals surface area contributed by atoms with Gasteiger partial charge in [-0.15, -0.1) is 12.4 Å². The molecule has 172 valence electrons. The average Bonchev–Trinajstić information content (AvgIpc) is 2.72. The normalized spacial score (nSPS) is 18.8. The van der Waals surface area contributed by atoms with E-state index >= 15 is 0 Å². The first-order chi connectivity index (χ1) is 14.2. The van der Waals surface area contributed by atoms with Gasteiger partial charge in [-0.25, -0.2) is 9.78 Å². The van der Waals surface area contributed by atoms with Gasteiger partial charge in [-0.3, -0.25) is 4.31 Å². The first kappa shape index (κ1) is 25.3. The molecule has 1 aromatic heterocycles. The lowest BCUT2D eigenvalue weighted by Crippen LogP contribution is -2.50. The Labute approximate surface area is 197 Å². The van der Waals surface area contributed by atoms with Crippen LogP contribution in [-0.2, 0) is 0 Å². The molecule has 9 heteroatoms. The van der Waals surface area contributed by atoms with Crippen molar-refractivity contribution in [3.8, 4) is 0 Å². The Morgan fingerprint density at radius 2 is 1.81 bits per heavy atom. The van der Waals surface area contributed by atoms with Crippen LogP contribution in [0, 0.1) is 0 Å². The molecule has 3 rings (SSSR count). The summed E-state index contributed by atoms with van der Waals surface area (Å²) in [5.41, 5.74) is 0.707. The van der Waals surface area contributed by atoms with Gasteiger partial charge in [0, 0.05) is 37.1 Å². The number of amides is 2. The zero-order valence-corrected chi connectivity index (χ0v) is 20.8. The first-order valence-corrected chi connectivity index (χ1v) is 11.1.